The van der Waals surface area contributed by atoms with Crippen molar-refractivity contribution in [3.63, 3.8) is 0 Å². The van der Waals surface area contributed by atoms with Crippen molar-refractivity contribution in [1.29, 1.82) is 0 Å². The van der Waals surface area contributed by atoms with E-state index in [0.29, 0.717) is 22.9 Å². The maximum atomic E-state index is 12.0. The quantitative estimate of drug-likeness (QED) is 0.718. The van der Waals surface area contributed by atoms with Crippen LogP contribution in [0.5, 0.6) is 17.2 Å². The third-order valence-corrected chi connectivity index (χ3v) is 3.47. The first-order valence-electron chi connectivity index (χ1n) is 8.09. The first-order valence-corrected chi connectivity index (χ1v) is 8.09. The molecule has 0 saturated carbocycles. The molecule has 0 saturated heterocycles. The van der Waals surface area contributed by atoms with Crippen LogP contribution < -0.4 is 24.8 Å². The summed E-state index contributed by atoms with van der Waals surface area (Å²) in [6, 6.07) is 14.3. The van der Waals surface area contributed by atoms with Crippen LogP contribution in [0.25, 0.3) is 0 Å². The van der Waals surface area contributed by atoms with Crippen LogP contribution in [0.2, 0.25) is 0 Å². The van der Waals surface area contributed by atoms with Crippen molar-refractivity contribution in [3.8, 4) is 17.2 Å². The molecule has 2 amide bonds. The maximum absolute atomic E-state index is 12.0. The predicted molar refractivity (Wildman–Crippen MR) is 97.7 cm³/mol. The molecule has 7 heteroatoms. The number of benzene rings is 2. The Bertz CT molecular complexity index is 734. The molecule has 0 radical (unpaired) electrons. The molecule has 0 fully saturated rings. The van der Waals surface area contributed by atoms with Crippen LogP contribution in [0.4, 0.5) is 5.69 Å². The number of anilines is 1. The lowest BCUT2D eigenvalue weighted by Gasteiger charge is -2.12. The van der Waals surface area contributed by atoms with E-state index in [0.717, 1.165) is 0 Å². The molecule has 0 heterocycles. The lowest BCUT2D eigenvalue weighted by molar-refractivity contribution is -0.124. The van der Waals surface area contributed by atoms with Gasteiger partial charge in [-0.05, 0) is 24.3 Å². The normalized spacial score (nSPS) is 9.92. The van der Waals surface area contributed by atoms with E-state index in [1.54, 1.807) is 18.2 Å². The maximum Gasteiger partial charge on any atom is 0.243 e. The van der Waals surface area contributed by atoms with Crippen LogP contribution >= 0.6 is 0 Å². The van der Waals surface area contributed by atoms with Gasteiger partial charge < -0.3 is 24.8 Å². The summed E-state index contributed by atoms with van der Waals surface area (Å²) in [7, 11) is 3.04. The molecule has 2 aromatic carbocycles. The number of methoxy groups -OCH3 is 2. The topological polar surface area (TPSA) is 85.9 Å². The van der Waals surface area contributed by atoms with Gasteiger partial charge in [-0.15, -0.1) is 0 Å². The first-order chi connectivity index (χ1) is 12.6. The monoisotopic (exact) mass is 358 g/mol. The highest BCUT2D eigenvalue weighted by Crippen LogP contribution is 2.28. The van der Waals surface area contributed by atoms with Crippen molar-refractivity contribution in [2.24, 2.45) is 0 Å². The molecule has 0 aromatic heterocycles. The zero-order valence-electron chi connectivity index (χ0n) is 14.8. The second-order valence-corrected chi connectivity index (χ2v) is 5.30. The van der Waals surface area contributed by atoms with E-state index >= 15 is 0 Å². The molecule has 2 rings (SSSR count). The van der Waals surface area contributed by atoms with Gasteiger partial charge in [0.25, 0.3) is 0 Å². The second-order valence-electron chi connectivity index (χ2n) is 5.30. The zero-order chi connectivity index (χ0) is 18.8. The Hall–Kier alpha value is -3.22. The Kier molecular flexibility index (Phi) is 7.30. The Morgan fingerprint density at radius 1 is 0.923 bits per heavy atom. The third-order valence-electron chi connectivity index (χ3n) is 3.47. The van der Waals surface area contributed by atoms with Crippen LogP contribution in [0.15, 0.2) is 48.5 Å². The molecule has 0 aliphatic heterocycles. The average molecular weight is 358 g/mol. The number of nitrogens with one attached hydrogen (secondary N) is 2. The van der Waals surface area contributed by atoms with Gasteiger partial charge in [0.15, 0.2) is 0 Å². The second kappa shape index (κ2) is 9.93. The van der Waals surface area contributed by atoms with Gasteiger partial charge in [0.05, 0.1) is 39.5 Å². The minimum Gasteiger partial charge on any atom is -0.497 e. The van der Waals surface area contributed by atoms with E-state index in [2.05, 4.69) is 10.6 Å². The van der Waals surface area contributed by atoms with Gasteiger partial charge in [0.1, 0.15) is 17.2 Å². The van der Waals surface area contributed by atoms with Crippen molar-refractivity contribution >= 4 is 17.5 Å². The molecular formula is C19H22N2O5. The Balaban J connectivity index is 1.75. The fraction of sp³-hybridized carbons (Fsp3) is 0.263. The summed E-state index contributed by atoms with van der Waals surface area (Å²) in [6.07, 6.45) is 0.157. The lowest BCUT2D eigenvalue weighted by Crippen LogP contribution is -2.33. The molecule has 0 unspecified atom stereocenters. The molecular weight excluding hydrogens is 336 g/mol. The number of carbonyl (C=O) groups is 2. The number of rotatable bonds is 9. The van der Waals surface area contributed by atoms with Gasteiger partial charge in [-0.3, -0.25) is 9.59 Å². The van der Waals surface area contributed by atoms with E-state index in [-0.39, 0.29) is 31.4 Å². The van der Waals surface area contributed by atoms with Gasteiger partial charge in [0.2, 0.25) is 11.8 Å². The average Bonchev–Trinajstić information content (AvgIpc) is 2.67. The van der Waals surface area contributed by atoms with Gasteiger partial charge in [-0.25, -0.2) is 0 Å². The summed E-state index contributed by atoms with van der Waals surface area (Å²) < 4.78 is 15.8. The molecule has 2 aromatic rings. The highest BCUT2D eigenvalue weighted by molar-refractivity contribution is 5.95. The number of amides is 2. The minimum absolute atomic E-state index is 0.148. The predicted octanol–water partition coefficient (Wildman–Crippen LogP) is 2.23. The van der Waals surface area contributed by atoms with Crippen LogP contribution in [0, 0.1) is 0 Å². The van der Waals surface area contributed by atoms with Gasteiger partial charge in [-0.1, -0.05) is 18.2 Å². The minimum atomic E-state index is -0.367. The fourth-order valence-corrected chi connectivity index (χ4v) is 2.15. The Labute approximate surface area is 152 Å². The highest BCUT2D eigenvalue weighted by atomic mass is 16.5. The summed E-state index contributed by atoms with van der Waals surface area (Å²) in [5.41, 5.74) is 0.471. The van der Waals surface area contributed by atoms with Crippen LogP contribution in [-0.4, -0.2) is 39.2 Å². The molecule has 0 aliphatic rings. The van der Waals surface area contributed by atoms with E-state index in [1.807, 2.05) is 30.3 Å². The molecule has 138 valence electrons. The SMILES string of the molecule is COc1ccc(OC)c(NC(=O)CNC(=O)CCOc2ccccc2)c1. The van der Waals surface area contributed by atoms with Crippen molar-refractivity contribution < 1.29 is 23.8 Å². The summed E-state index contributed by atoms with van der Waals surface area (Å²) in [5, 5.41) is 5.24. The van der Waals surface area contributed by atoms with E-state index in [9.17, 15) is 9.59 Å². The van der Waals surface area contributed by atoms with Gasteiger partial charge in [-0.2, -0.15) is 0 Å². The summed E-state index contributed by atoms with van der Waals surface area (Å²) in [5.74, 6) is 1.15. The van der Waals surface area contributed by atoms with Crippen molar-refractivity contribution in [1.82, 2.24) is 5.32 Å². The van der Waals surface area contributed by atoms with Crippen LogP contribution in [-0.2, 0) is 9.59 Å². The molecule has 0 aliphatic carbocycles. The van der Waals surface area contributed by atoms with Crippen molar-refractivity contribution in [3.05, 3.63) is 48.5 Å². The van der Waals surface area contributed by atoms with E-state index in [4.69, 9.17) is 14.2 Å². The fourth-order valence-electron chi connectivity index (χ4n) is 2.15. The van der Waals surface area contributed by atoms with Crippen LogP contribution in [0.1, 0.15) is 6.42 Å². The molecule has 0 spiro atoms. The summed E-state index contributed by atoms with van der Waals surface area (Å²) in [4.78, 5) is 23.8. The van der Waals surface area contributed by atoms with E-state index < -0.39 is 0 Å². The molecule has 0 bridgehead atoms. The van der Waals surface area contributed by atoms with Crippen LogP contribution in [0.3, 0.4) is 0 Å². The first kappa shape index (κ1) is 19.1. The Morgan fingerprint density at radius 3 is 2.38 bits per heavy atom. The standard InChI is InChI=1S/C19H22N2O5/c1-24-15-8-9-17(25-2)16(12-15)21-19(23)13-20-18(22)10-11-26-14-6-4-3-5-7-14/h3-9,12H,10-11,13H2,1-2H3,(H,20,22)(H,21,23). The molecule has 26 heavy (non-hydrogen) atoms. The summed E-state index contributed by atoms with van der Waals surface area (Å²) >= 11 is 0. The molecule has 2 N–H and O–H groups in total. The zero-order valence-corrected chi connectivity index (χ0v) is 14.8. The smallest absolute Gasteiger partial charge is 0.243 e. The molecule has 0 atom stereocenters. The number of para-hydroxylation sites is 1. The number of ether oxygens (including phenoxy) is 3. The highest BCUT2D eigenvalue weighted by Gasteiger charge is 2.10. The van der Waals surface area contributed by atoms with Gasteiger partial charge >= 0.3 is 0 Å². The lowest BCUT2D eigenvalue weighted by atomic mass is 10.2. The van der Waals surface area contributed by atoms with Crippen molar-refractivity contribution in [2.75, 3.05) is 32.7 Å². The van der Waals surface area contributed by atoms with Crippen molar-refractivity contribution in [2.45, 2.75) is 6.42 Å². The van der Waals surface area contributed by atoms with Gasteiger partial charge in [0, 0.05) is 6.07 Å². The largest absolute Gasteiger partial charge is 0.497 e. The number of carbonyl (C=O) groups excluding carboxylic acids is 2. The molecule has 7 nitrogen and oxygen atoms in total. The number of hydrogen-bond acceptors (Lipinski definition) is 5. The summed E-state index contributed by atoms with van der Waals surface area (Å²) in [6.45, 7) is 0.0890. The third kappa shape index (κ3) is 6.01. The van der Waals surface area contributed by atoms with E-state index in [1.165, 1.54) is 14.2 Å². The Morgan fingerprint density at radius 2 is 1.69 bits per heavy atom. The number of hydrogen-bond donors (Lipinski definition) is 2.